The first-order chi connectivity index (χ1) is 5.65. The van der Waals surface area contributed by atoms with Crippen LogP contribution in [0.15, 0.2) is 12.3 Å². The van der Waals surface area contributed by atoms with E-state index in [9.17, 15) is 9.59 Å². The lowest BCUT2D eigenvalue weighted by Crippen LogP contribution is -2.02. The molecule has 0 fully saturated rings. The number of rotatable bonds is 2. The van der Waals surface area contributed by atoms with Gasteiger partial charge in [-0.2, -0.15) is 0 Å². The van der Waals surface area contributed by atoms with Crippen LogP contribution in [0.1, 0.15) is 27.8 Å². The van der Waals surface area contributed by atoms with Gasteiger partial charge in [-0.3, -0.25) is 14.6 Å². The van der Waals surface area contributed by atoms with Crippen molar-refractivity contribution >= 4 is 17.8 Å². The van der Waals surface area contributed by atoms with E-state index in [1.165, 1.54) is 19.2 Å². The van der Waals surface area contributed by atoms with E-state index in [0.717, 1.165) is 0 Å². The fourth-order valence-electron chi connectivity index (χ4n) is 0.847. The molecule has 0 spiro atoms. The van der Waals surface area contributed by atoms with Crippen molar-refractivity contribution in [3.05, 3.63) is 23.5 Å². The molecule has 0 aliphatic carbocycles. The second kappa shape index (κ2) is 3.13. The van der Waals surface area contributed by atoms with E-state index >= 15 is 0 Å². The highest BCUT2D eigenvalue weighted by molar-refractivity contribution is 5.99. The van der Waals surface area contributed by atoms with Crippen LogP contribution in [0.25, 0.3) is 0 Å². The van der Waals surface area contributed by atoms with Crippen LogP contribution in [0, 0.1) is 0 Å². The molecule has 1 aromatic rings. The van der Waals surface area contributed by atoms with E-state index in [0.29, 0.717) is 17.5 Å². The van der Waals surface area contributed by atoms with Crippen molar-refractivity contribution in [2.45, 2.75) is 6.92 Å². The quantitative estimate of drug-likeness (QED) is 0.515. The Hall–Kier alpha value is -1.71. The van der Waals surface area contributed by atoms with Crippen molar-refractivity contribution in [2.75, 3.05) is 5.73 Å². The molecule has 0 aliphatic rings. The van der Waals surface area contributed by atoms with Crippen LogP contribution >= 0.6 is 0 Å². The average Bonchev–Trinajstić information content (AvgIpc) is 2.03. The number of hydrogen-bond acceptors (Lipinski definition) is 4. The Morgan fingerprint density at radius 3 is 2.75 bits per heavy atom. The molecule has 0 radical (unpaired) electrons. The lowest BCUT2D eigenvalue weighted by molar-refractivity contribution is 0.101. The number of anilines is 1. The van der Waals surface area contributed by atoms with Gasteiger partial charge in [0.2, 0.25) is 0 Å². The van der Waals surface area contributed by atoms with E-state index in [1.807, 2.05) is 0 Å². The molecule has 1 rings (SSSR count). The molecule has 0 saturated carbocycles. The molecule has 0 bridgehead atoms. The second-order valence-corrected chi connectivity index (χ2v) is 2.37. The molecule has 0 saturated heterocycles. The monoisotopic (exact) mass is 164 g/mol. The fraction of sp³-hybridized carbons (Fsp3) is 0.125. The predicted molar refractivity (Wildman–Crippen MR) is 44.0 cm³/mol. The number of nitrogens with two attached hydrogens (primary N) is 1. The molecule has 2 N–H and O–H groups in total. The van der Waals surface area contributed by atoms with Crippen LogP contribution in [-0.2, 0) is 0 Å². The molecule has 1 heterocycles. The minimum absolute atomic E-state index is 0.155. The van der Waals surface area contributed by atoms with Gasteiger partial charge in [-0.15, -0.1) is 0 Å². The number of carbonyl (C=O) groups is 2. The first-order valence-corrected chi connectivity index (χ1v) is 3.37. The minimum atomic E-state index is -0.155. The Morgan fingerprint density at radius 1 is 1.67 bits per heavy atom. The van der Waals surface area contributed by atoms with Gasteiger partial charge in [-0.25, -0.2) is 0 Å². The number of aldehydes is 1. The molecule has 1 aromatic heterocycles. The first kappa shape index (κ1) is 8.39. The maximum absolute atomic E-state index is 10.9. The van der Waals surface area contributed by atoms with Crippen LogP contribution in [0.3, 0.4) is 0 Å². The third-order valence-electron chi connectivity index (χ3n) is 1.46. The van der Waals surface area contributed by atoms with Gasteiger partial charge in [-0.05, 0) is 13.0 Å². The maximum Gasteiger partial charge on any atom is 0.168 e. The van der Waals surface area contributed by atoms with E-state index < -0.39 is 0 Å². The zero-order chi connectivity index (χ0) is 9.14. The van der Waals surface area contributed by atoms with E-state index in [1.54, 1.807) is 0 Å². The van der Waals surface area contributed by atoms with Crippen molar-refractivity contribution in [2.24, 2.45) is 0 Å². The summed E-state index contributed by atoms with van der Waals surface area (Å²) in [6.45, 7) is 1.40. The number of Topliss-reactive ketones (excluding diaryl/α,β-unsaturated/α-hetero) is 1. The van der Waals surface area contributed by atoms with E-state index in [4.69, 9.17) is 5.73 Å². The van der Waals surface area contributed by atoms with Gasteiger partial charge >= 0.3 is 0 Å². The summed E-state index contributed by atoms with van der Waals surface area (Å²) in [4.78, 5) is 24.8. The summed E-state index contributed by atoms with van der Waals surface area (Å²) in [7, 11) is 0. The van der Waals surface area contributed by atoms with Gasteiger partial charge in [-0.1, -0.05) is 0 Å². The summed E-state index contributed by atoms with van der Waals surface area (Å²) < 4.78 is 0. The maximum atomic E-state index is 10.9. The highest BCUT2D eigenvalue weighted by Crippen LogP contribution is 2.10. The molecular weight excluding hydrogens is 156 g/mol. The Balaban J connectivity index is 3.20. The summed E-state index contributed by atoms with van der Waals surface area (Å²) in [6.07, 6.45) is 1.89. The number of hydrogen-bond donors (Lipinski definition) is 1. The number of aromatic nitrogens is 1. The largest absolute Gasteiger partial charge is 0.398 e. The van der Waals surface area contributed by atoms with Crippen LogP contribution in [0.4, 0.5) is 5.69 Å². The van der Waals surface area contributed by atoms with Gasteiger partial charge in [0.1, 0.15) is 5.69 Å². The first-order valence-electron chi connectivity index (χ1n) is 3.37. The standard InChI is InChI=1S/C8H8N2O2/c1-5(12)7-3-10-6(4-11)2-8(7)9/h2-4H,1H3,(H2,9,10). The van der Waals surface area contributed by atoms with Crippen LogP contribution in [0.2, 0.25) is 0 Å². The van der Waals surface area contributed by atoms with E-state index in [-0.39, 0.29) is 11.5 Å². The number of carbonyl (C=O) groups excluding carboxylic acids is 2. The topological polar surface area (TPSA) is 73.0 Å². The van der Waals surface area contributed by atoms with Gasteiger partial charge in [0, 0.05) is 11.9 Å². The van der Waals surface area contributed by atoms with Crippen molar-refractivity contribution < 1.29 is 9.59 Å². The summed E-state index contributed by atoms with van der Waals surface area (Å²) >= 11 is 0. The summed E-state index contributed by atoms with van der Waals surface area (Å²) in [5.41, 5.74) is 6.35. The normalized spacial score (nSPS) is 9.42. The van der Waals surface area contributed by atoms with Crippen molar-refractivity contribution in [3.8, 4) is 0 Å². The summed E-state index contributed by atoms with van der Waals surface area (Å²) in [5, 5.41) is 0. The SMILES string of the molecule is CC(=O)c1cnc(C=O)cc1N. The van der Waals surface area contributed by atoms with Gasteiger partial charge in [0.25, 0.3) is 0 Å². The highest BCUT2D eigenvalue weighted by Gasteiger charge is 2.05. The lowest BCUT2D eigenvalue weighted by Gasteiger charge is -1.99. The van der Waals surface area contributed by atoms with Gasteiger partial charge < -0.3 is 5.73 Å². The third kappa shape index (κ3) is 1.47. The van der Waals surface area contributed by atoms with Crippen molar-refractivity contribution in [1.29, 1.82) is 0 Å². The Morgan fingerprint density at radius 2 is 2.33 bits per heavy atom. The number of pyridine rings is 1. The smallest absolute Gasteiger partial charge is 0.168 e. The molecule has 0 amide bonds. The van der Waals surface area contributed by atoms with Gasteiger partial charge in [0.15, 0.2) is 12.1 Å². The average molecular weight is 164 g/mol. The van der Waals surface area contributed by atoms with Crippen molar-refractivity contribution in [3.63, 3.8) is 0 Å². The molecule has 62 valence electrons. The van der Waals surface area contributed by atoms with E-state index in [2.05, 4.69) is 4.98 Å². The molecule has 12 heavy (non-hydrogen) atoms. The zero-order valence-electron chi connectivity index (χ0n) is 6.57. The molecular formula is C8H8N2O2. The number of nitrogen functional groups attached to an aromatic ring is 1. The Labute approximate surface area is 69.4 Å². The molecule has 4 heteroatoms. The summed E-state index contributed by atoms with van der Waals surface area (Å²) in [6, 6.07) is 1.38. The zero-order valence-corrected chi connectivity index (χ0v) is 6.57. The van der Waals surface area contributed by atoms with Crippen molar-refractivity contribution in [1.82, 2.24) is 4.98 Å². The number of nitrogens with zero attached hydrogens (tertiary/aromatic N) is 1. The molecule has 0 unspecified atom stereocenters. The molecule has 0 aliphatic heterocycles. The third-order valence-corrected chi connectivity index (χ3v) is 1.46. The Kier molecular flexibility index (Phi) is 2.19. The Bertz CT molecular complexity index is 334. The minimum Gasteiger partial charge on any atom is -0.398 e. The van der Waals surface area contributed by atoms with Crippen LogP contribution in [-0.4, -0.2) is 17.1 Å². The second-order valence-electron chi connectivity index (χ2n) is 2.37. The van der Waals surface area contributed by atoms with Gasteiger partial charge in [0.05, 0.1) is 5.56 Å². The fourth-order valence-corrected chi connectivity index (χ4v) is 0.847. The van der Waals surface area contributed by atoms with Crippen LogP contribution < -0.4 is 5.73 Å². The molecule has 4 nitrogen and oxygen atoms in total. The van der Waals surface area contributed by atoms with Crippen LogP contribution in [0.5, 0.6) is 0 Å². The highest BCUT2D eigenvalue weighted by atomic mass is 16.1. The molecule has 0 aromatic carbocycles. The lowest BCUT2D eigenvalue weighted by atomic mass is 10.1. The summed E-state index contributed by atoms with van der Waals surface area (Å²) in [5.74, 6) is -0.155. The molecule has 0 atom stereocenters. The number of ketones is 1. The predicted octanol–water partition coefficient (Wildman–Crippen LogP) is 0.679.